The van der Waals surface area contributed by atoms with Crippen LogP contribution >= 0.6 is 0 Å². The molecule has 14 heavy (non-hydrogen) atoms. The third-order valence-electron chi connectivity index (χ3n) is 4.44. The van der Waals surface area contributed by atoms with Gasteiger partial charge in [0.05, 0.1) is 13.2 Å². The Morgan fingerprint density at radius 2 is 1.86 bits per heavy atom. The highest BCUT2D eigenvalue weighted by Crippen LogP contribution is 2.45. The quantitative estimate of drug-likeness (QED) is 0.589. The lowest BCUT2D eigenvalue weighted by atomic mass is 9.63. The van der Waals surface area contributed by atoms with Crippen LogP contribution in [0.25, 0.3) is 0 Å². The number of ketones is 1. The molecule has 0 aromatic rings. The topological polar surface area (TPSA) is 26.3 Å². The summed E-state index contributed by atoms with van der Waals surface area (Å²) in [5, 5.41) is 0. The van der Waals surface area contributed by atoms with E-state index in [2.05, 4.69) is 0 Å². The van der Waals surface area contributed by atoms with E-state index in [0.29, 0.717) is 30.1 Å². The van der Waals surface area contributed by atoms with Gasteiger partial charge in [0.15, 0.2) is 0 Å². The molecule has 3 rings (SSSR count). The predicted molar refractivity (Wildman–Crippen MR) is 52.9 cm³/mol. The highest BCUT2D eigenvalue weighted by Gasteiger charge is 2.46. The van der Waals surface area contributed by atoms with E-state index in [-0.39, 0.29) is 5.92 Å². The molecule has 3 fully saturated rings. The second-order valence-electron chi connectivity index (χ2n) is 5.19. The number of hydrogen-bond acceptors (Lipinski definition) is 2. The Morgan fingerprint density at radius 1 is 1.00 bits per heavy atom. The van der Waals surface area contributed by atoms with Crippen molar-refractivity contribution in [3.05, 3.63) is 0 Å². The monoisotopic (exact) mass is 194 g/mol. The second-order valence-corrected chi connectivity index (χ2v) is 5.19. The lowest BCUT2D eigenvalue weighted by Crippen LogP contribution is -2.41. The molecular formula is C12H18O2. The number of carbonyl (C=O) groups is 1. The smallest absolute Gasteiger partial charge is 0.141 e. The summed E-state index contributed by atoms with van der Waals surface area (Å²) in [6.07, 6.45) is 6.32. The van der Waals surface area contributed by atoms with Gasteiger partial charge in [-0.2, -0.15) is 0 Å². The van der Waals surface area contributed by atoms with E-state index in [4.69, 9.17) is 4.74 Å². The van der Waals surface area contributed by atoms with Crippen LogP contribution < -0.4 is 0 Å². The van der Waals surface area contributed by atoms with E-state index in [1.54, 1.807) is 0 Å². The van der Waals surface area contributed by atoms with Gasteiger partial charge in [0.1, 0.15) is 5.78 Å². The average Bonchev–Trinajstić information content (AvgIpc) is 2.66. The number of hydrogen-bond donors (Lipinski definition) is 0. The molecule has 2 heteroatoms. The van der Waals surface area contributed by atoms with Gasteiger partial charge in [-0.15, -0.1) is 0 Å². The van der Waals surface area contributed by atoms with Crippen molar-refractivity contribution in [1.82, 2.24) is 0 Å². The fourth-order valence-corrected chi connectivity index (χ4v) is 3.67. The van der Waals surface area contributed by atoms with Gasteiger partial charge in [-0.1, -0.05) is 12.8 Å². The zero-order valence-corrected chi connectivity index (χ0v) is 8.58. The van der Waals surface area contributed by atoms with Crippen LogP contribution in [0.4, 0.5) is 0 Å². The molecule has 4 unspecified atom stereocenters. The minimum absolute atomic E-state index is 0.273. The standard InChI is InChI=1S/C12H18O2/c13-12-10-4-2-1-3-8(10)5-9-6-14-7-11(9)12/h8-11H,1-7H2. The highest BCUT2D eigenvalue weighted by atomic mass is 16.5. The van der Waals surface area contributed by atoms with E-state index in [9.17, 15) is 4.79 Å². The summed E-state index contributed by atoms with van der Waals surface area (Å²) >= 11 is 0. The van der Waals surface area contributed by atoms with Gasteiger partial charge in [-0.25, -0.2) is 0 Å². The molecule has 1 heterocycles. The van der Waals surface area contributed by atoms with Gasteiger partial charge >= 0.3 is 0 Å². The first kappa shape index (κ1) is 8.90. The third-order valence-corrected chi connectivity index (χ3v) is 4.44. The number of fused-ring (bicyclic) bond motifs is 2. The molecule has 0 spiro atoms. The zero-order chi connectivity index (χ0) is 9.54. The first-order valence-electron chi connectivity index (χ1n) is 5.97. The molecule has 3 aliphatic rings. The van der Waals surface area contributed by atoms with Crippen molar-refractivity contribution < 1.29 is 9.53 Å². The highest BCUT2D eigenvalue weighted by molar-refractivity contribution is 5.85. The molecule has 0 N–H and O–H groups in total. The summed E-state index contributed by atoms with van der Waals surface area (Å²) in [6.45, 7) is 1.56. The maximum atomic E-state index is 12.2. The molecule has 1 aliphatic heterocycles. The fraction of sp³-hybridized carbons (Fsp3) is 0.917. The predicted octanol–water partition coefficient (Wildman–Crippen LogP) is 2.03. The Kier molecular flexibility index (Phi) is 2.12. The van der Waals surface area contributed by atoms with E-state index in [0.717, 1.165) is 13.0 Å². The molecular weight excluding hydrogens is 176 g/mol. The third kappa shape index (κ3) is 1.23. The van der Waals surface area contributed by atoms with Crippen LogP contribution in [0.3, 0.4) is 0 Å². The Bertz CT molecular complexity index is 249. The first-order valence-corrected chi connectivity index (χ1v) is 5.97. The summed E-state index contributed by atoms with van der Waals surface area (Å²) in [5.41, 5.74) is 0. The summed E-state index contributed by atoms with van der Waals surface area (Å²) in [7, 11) is 0. The lowest BCUT2D eigenvalue weighted by Gasteiger charge is -2.39. The van der Waals surface area contributed by atoms with Crippen LogP contribution in [0.15, 0.2) is 0 Å². The SMILES string of the molecule is O=C1C2CCCCC2CC2COCC12. The summed E-state index contributed by atoms with van der Waals surface area (Å²) in [5.74, 6) is 2.51. The molecule has 4 atom stereocenters. The normalized spacial score (nSPS) is 47.3. The molecule has 0 amide bonds. The maximum Gasteiger partial charge on any atom is 0.141 e. The van der Waals surface area contributed by atoms with Gasteiger partial charge < -0.3 is 4.74 Å². The largest absolute Gasteiger partial charge is 0.380 e. The summed E-state index contributed by atoms with van der Waals surface area (Å²) in [4.78, 5) is 12.2. The average molecular weight is 194 g/mol. The summed E-state index contributed by atoms with van der Waals surface area (Å²) < 4.78 is 5.45. The van der Waals surface area contributed by atoms with Crippen LogP contribution in [-0.4, -0.2) is 19.0 Å². The van der Waals surface area contributed by atoms with Crippen molar-refractivity contribution in [1.29, 1.82) is 0 Å². The Morgan fingerprint density at radius 3 is 2.79 bits per heavy atom. The van der Waals surface area contributed by atoms with Crippen LogP contribution in [-0.2, 0) is 9.53 Å². The molecule has 1 saturated heterocycles. The van der Waals surface area contributed by atoms with E-state index in [1.807, 2.05) is 0 Å². The Labute approximate surface area is 85.0 Å². The molecule has 0 radical (unpaired) electrons. The molecule has 2 aliphatic carbocycles. The van der Waals surface area contributed by atoms with Crippen molar-refractivity contribution in [3.63, 3.8) is 0 Å². The van der Waals surface area contributed by atoms with Gasteiger partial charge in [0.2, 0.25) is 0 Å². The van der Waals surface area contributed by atoms with Gasteiger partial charge in [-0.3, -0.25) is 4.79 Å². The molecule has 0 bridgehead atoms. The fourth-order valence-electron chi connectivity index (χ4n) is 3.67. The second kappa shape index (κ2) is 3.34. The summed E-state index contributed by atoms with van der Waals surface area (Å²) in [6, 6.07) is 0. The molecule has 2 nitrogen and oxygen atoms in total. The van der Waals surface area contributed by atoms with Crippen molar-refractivity contribution >= 4 is 5.78 Å². The van der Waals surface area contributed by atoms with E-state index >= 15 is 0 Å². The number of carbonyl (C=O) groups excluding carboxylic acids is 1. The van der Waals surface area contributed by atoms with Crippen LogP contribution in [0.5, 0.6) is 0 Å². The van der Waals surface area contributed by atoms with Crippen molar-refractivity contribution in [2.45, 2.75) is 32.1 Å². The molecule has 2 saturated carbocycles. The lowest BCUT2D eigenvalue weighted by molar-refractivity contribution is -0.134. The van der Waals surface area contributed by atoms with Gasteiger partial charge in [0.25, 0.3) is 0 Å². The van der Waals surface area contributed by atoms with Crippen molar-refractivity contribution in [3.8, 4) is 0 Å². The van der Waals surface area contributed by atoms with Crippen LogP contribution in [0.1, 0.15) is 32.1 Å². The Hall–Kier alpha value is -0.370. The van der Waals surface area contributed by atoms with Crippen LogP contribution in [0.2, 0.25) is 0 Å². The van der Waals surface area contributed by atoms with Gasteiger partial charge in [-0.05, 0) is 31.1 Å². The van der Waals surface area contributed by atoms with Gasteiger partial charge in [0, 0.05) is 11.8 Å². The van der Waals surface area contributed by atoms with Crippen molar-refractivity contribution in [2.75, 3.05) is 13.2 Å². The number of Topliss-reactive ketones (excluding diaryl/α,β-unsaturated/α-hetero) is 1. The zero-order valence-electron chi connectivity index (χ0n) is 8.58. The van der Waals surface area contributed by atoms with Crippen molar-refractivity contribution in [2.24, 2.45) is 23.7 Å². The molecule has 0 aromatic carbocycles. The first-order chi connectivity index (χ1) is 6.86. The van der Waals surface area contributed by atoms with Crippen LogP contribution in [0, 0.1) is 23.7 Å². The molecule has 0 aromatic heterocycles. The maximum absolute atomic E-state index is 12.2. The Balaban J connectivity index is 1.82. The van der Waals surface area contributed by atoms with E-state index in [1.165, 1.54) is 25.7 Å². The minimum atomic E-state index is 0.273. The van der Waals surface area contributed by atoms with E-state index < -0.39 is 0 Å². The minimum Gasteiger partial charge on any atom is -0.380 e. The number of rotatable bonds is 0. The molecule has 78 valence electrons. The number of ether oxygens (including phenoxy) is 1.